The van der Waals surface area contributed by atoms with Crippen LogP contribution in [0, 0.1) is 6.92 Å². The molecule has 4 rings (SSSR count). The molecule has 1 fully saturated rings. The van der Waals surface area contributed by atoms with Crippen molar-refractivity contribution in [3.8, 4) is 11.3 Å². The van der Waals surface area contributed by atoms with E-state index < -0.39 is 38.4 Å². The number of nitrogens with one attached hydrogen (secondary N) is 1. The fourth-order valence-electron chi connectivity index (χ4n) is 3.94. The zero-order chi connectivity index (χ0) is 25.1. The van der Waals surface area contributed by atoms with Crippen LogP contribution in [0.15, 0.2) is 17.2 Å². The van der Waals surface area contributed by atoms with Crippen molar-refractivity contribution < 1.29 is 26.7 Å². The number of pyridine rings is 1. The number of sulfonamides is 1. The Morgan fingerprint density at radius 1 is 1.24 bits per heavy atom. The summed E-state index contributed by atoms with van der Waals surface area (Å²) < 4.78 is 71.2. The van der Waals surface area contributed by atoms with Gasteiger partial charge in [0.1, 0.15) is 15.5 Å². The third-order valence-electron chi connectivity index (χ3n) is 5.68. The number of hydrogen-bond donors (Lipinski definition) is 3. The molecule has 186 valence electrons. The maximum atomic E-state index is 13.7. The van der Waals surface area contributed by atoms with E-state index in [-0.39, 0.29) is 11.6 Å². The van der Waals surface area contributed by atoms with Crippen molar-refractivity contribution in [2.75, 3.05) is 0 Å². The molecule has 1 aliphatic carbocycles. The molecule has 0 atom stereocenters. The van der Waals surface area contributed by atoms with Crippen LogP contribution in [0.1, 0.15) is 55.9 Å². The third kappa shape index (κ3) is 4.82. The van der Waals surface area contributed by atoms with Crippen molar-refractivity contribution in [2.24, 2.45) is 5.73 Å². The van der Waals surface area contributed by atoms with E-state index in [1.54, 1.807) is 20.8 Å². The first-order valence-electron chi connectivity index (χ1n) is 10.6. The largest absolute Gasteiger partial charge is 0.434 e. The Balaban J connectivity index is 1.82. The molecular formula is C20H25F3N6O3S2. The van der Waals surface area contributed by atoms with Crippen molar-refractivity contribution in [3.05, 3.63) is 28.7 Å². The highest BCUT2D eigenvalue weighted by molar-refractivity contribution is 7.89. The normalized spacial score (nSPS) is 20.2. The van der Waals surface area contributed by atoms with Crippen LogP contribution in [-0.2, 0) is 21.8 Å². The standard InChI is InChI=1S/C20H25F3N6O3S2/c1-10-15(29-18(26-10)33-17(27-29)19(2,3)30)11-8-14(16(25-9-11)20(21,22)23)34(31,32)28-13-6-4-12(24)5-7-13/h8-9,12-13,28,30H,4-7,24H2,1-3H3/t12-,13-. The summed E-state index contributed by atoms with van der Waals surface area (Å²) in [7, 11) is -4.55. The van der Waals surface area contributed by atoms with Crippen molar-refractivity contribution in [2.45, 2.75) is 75.2 Å². The van der Waals surface area contributed by atoms with Crippen LogP contribution in [-0.4, -0.2) is 45.2 Å². The average molecular weight is 519 g/mol. The maximum Gasteiger partial charge on any atom is 0.434 e. The van der Waals surface area contributed by atoms with Gasteiger partial charge in [0, 0.05) is 23.8 Å². The molecule has 0 aliphatic heterocycles. The molecule has 3 heterocycles. The Hall–Kier alpha value is -2.13. The van der Waals surface area contributed by atoms with Gasteiger partial charge >= 0.3 is 6.18 Å². The van der Waals surface area contributed by atoms with E-state index in [4.69, 9.17) is 5.73 Å². The van der Waals surface area contributed by atoms with Gasteiger partial charge in [-0.15, -0.1) is 0 Å². The molecule has 4 N–H and O–H groups in total. The van der Waals surface area contributed by atoms with Crippen molar-refractivity contribution in [1.82, 2.24) is 24.3 Å². The van der Waals surface area contributed by atoms with Gasteiger partial charge in [0.25, 0.3) is 0 Å². The fraction of sp³-hybridized carbons (Fsp3) is 0.550. The summed E-state index contributed by atoms with van der Waals surface area (Å²) >= 11 is 1.12. The summed E-state index contributed by atoms with van der Waals surface area (Å²) in [5, 5.41) is 15.0. The quantitative estimate of drug-likeness (QED) is 0.473. The number of imidazole rings is 1. The number of nitrogens with zero attached hydrogens (tertiary/aromatic N) is 4. The number of aliphatic hydroxyl groups is 1. The van der Waals surface area contributed by atoms with Crippen LogP contribution >= 0.6 is 11.3 Å². The summed E-state index contributed by atoms with van der Waals surface area (Å²) in [6, 6.07) is 0.396. The Labute approximate surface area is 198 Å². The van der Waals surface area contributed by atoms with Gasteiger partial charge in [0.15, 0.2) is 5.69 Å². The lowest BCUT2D eigenvalue weighted by Crippen LogP contribution is -2.41. The summed E-state index contributed by atoms with van der Waals surface area (Å²) in [6.45, 7) is 4.73. The Kier molecular flexibility index (Phi) is 6.26. The average Bonchev–Trinajstić information content (AvgIpc) is 3.25. The Morgan fingerprint density at radius 2 is 1.88 bits per heavy atom. The monoisotopic (exact) mass is 518 g/mol. The van der Waals surface area contributed by atoms with Crippen LogP contribution in [0.3, 0.4) is 0 Å². The molecule has 1 saturated carbocycles. The van der Waals surface area contributed by atoms with E-state index in [9.17, 15) is 26.7 Å². The highest BCUT2D eigenvalue weighted by Crippen LogP contribution is 2.37. The van der Waals surface area contributed by atoms with Crippen LogP contribution in [0.4, 0.5) is 13.2 Å². The zero-order valence-electron chi connectivity index (χ0n) is 18.7. The second kappa shape index (κ2) is 8.52. The highest BCUT2D eigenvalue weighted by atomic mass is 32.2. The van der Waals surface area contributed by atoms with Gasteiger partial charge in [-0.1, -0.05) is 11.3 Å². The predicted octanol–water partition coefficient (Wildman–Crippen LogP) is 2.96. The summed E-state index contributed by atoms with van der Waals surface area (Å²) in [4.78, 5) is 7.32. The molecule has 0 radical (unpaired) electrons. The molecule has 0 spiro atoms. The van der Waals surface area contributed by atoms with Gasteiger partial charge in [-0.25, -0.2) is 27.6 Å². The molecule has 34 heavy (non-hydrogen) atoms. The molecule has 9 nitrogen and oxygen atoms in total. The van der Waals surface area contributed by atoms with Gasteiger partial charge in [0.05, 0.1) is 11.4 Å². The minimum atomic E-state index is -4.98. The molecule has 3 aromatic heterocycles. The lowest BCUT2D eigenvalue weighted by atomic mass is 9.93. The summed E-state index contributed by atoms with van der Waals surface area (Å²) in [5.74, 6) is 0. The number of rotatable bonds is 5. The number of fused-ring (bicyclic) bond motifs is 1. The van der Waals surface area contributed by atoms with Crippen LogP contribution in [0.2, 0.25) is 0 Å². The molecule has 0 unspecified atom stereocenters. The molecule has 14 heteroatoms. The number of halogens is 3. The number of alkyl halides is 3. The lowest BCUT2D eigenvalue weighted by molar-refractivity contribution is -0.143. The number of nitrogens with two attached hydrogens (primary N) is 1. The topological polar surface area (TPSA) is 136 Å². The smallest absolute Gasteiger partial charge is 0.383 e. The Bertz CT molecular complexity index is 1320. The Morgan fingerprint density at radius 3 is 2.47 bits per heavy atom. The molecule has 3 aromatic rings. The molecule has 0 bridgehead atoms. The van der Waals surface area contributed by atoms with E-state index >= 15 is 0 Å². The number of hydrogen-bond acceptors (Lipinski definition) is 8. The van der Waals surface area contributed by atoms with Gasteiger partial charge in [-0.05, 0) is 52.5 Å². The second-order valence-corrected chi connectivity index (χ2v) is 11.6. The van der Waals surface area contributed by atoms with Gasteiger partial charge in [0.2, 0.25) is 15.0 Å². The first kappa shape index (κ1) is 25.0. The van der Waals surface area contributed by atoms with Crippen LogP contribution < -0.4 is 10.5 Å². The first-order chi connectivity index (χ1) is 15.7. The van der Waals surface area contributed by atoms with E-state index in [1.165, 1.54) is 4.52 Å². The number of aryl methyl sites for hydroxylation is 1. The van der Waals surface area contributed by atoms with E-state index in [1.807, 2.05) is 0 Å². The second-order valence-electron chi connectivity index (χ2n) is 9.01. The number of aromatic nitrogens is 4. The molecular weight excluding hydrogens is 493 g/mol. The molecule has 0 aromatic carbocycles. The van der Waals surface area contributed by atoms with Crippen molar-refractivity contribution >= 4 is 26.3 Å². The summed E-state index contributed by atoms with van der Waals surface area (Å²) in [5.41, 5.74) is 3.93. The van der Waals surface area contributed by atoms with Gasteiger partial charge in [-0.2, -0.15) is 18.3 Å². The minimum absolute atomic E-state index is 0.0457. The van der Waals surface area contributed by atoms with Gasteiger partial charge in [-0.3, -0.25) is 0 Å². The maximum absolute atomic E-state index is 13.7. The van der Waals surface area contributed by atoms with Crippen LogP contribution in [0.25, 0.3) is 16.2 Å². The first-order valence-corrected chi connectivity index (χ1v) is 12.9. The van der Waals surface area contributed by atoms with Crippen molar-refractivity contribution in [1.29, 1.82) is 0 Å². The highest BCUT2D eigenvalue weighted by Gasteiger charge is 2.40. The lowest BCUT2D eigenvalue weighted by Gasteiger charge is -2.27. The molecule has 0 amide bonds. The van der Waals surface area contributed by atoms with E-state index in [0.29, 0.717) is 47.0 Å². The molecule has 0 saturated heterocycles. The fourth-order valence-corrected chi connectivity index (χ4v) is 6.39. The zero-order valence-corrected chi connectivity index (χ0v) is 20.4. The minimum Gasteiger partial charge on any atom is -0.383 e. The van der Waals surface area contributed by atoms with Crippen molar-refractivity contribution in [3.63, 3.8) is 0 Å². The molecule has 1 aliphatic rings. The van der Waals surface area contributed by atoms with E-state index in [0.717, 1.165) is 23.6 Å². The van der Waals surface area contributed by atoms with Gasteiger partial charge < -0.3 is 10.8 Å². The van der Waals surface area contributed by atoms with Crippen LogP contribution in [0.5, 0.6) is 0 Å². The SMILES string of the molecule is Cc1nc2sc(C(C)(C)O)nn2c1-c1cnc(C(F)(F)F)c(S(=O)(=O)N[C@H]2CC[C@H](N)CC2)c1. The van der Waals surface area contributed by atoms with E-state index in [2.05, 4.69) is 19.8 Å². The predicted molar refractivity (Wildman–Crippen MR) is 120 cm³/mol. The summed E-state index contributed by atoms with van der Waals surface area (Å²) in [6.07, 6.45) is -1.98. The third-order valence-corrected chi connectivity index (χ3v) is 8.43.